The Balaban J connectivity index is 2.31. The van der Waals surface area contributed by atoms with Crippen LogP contribution in [-0.2, 0) is 0 Å². The number of nitrogen functional groups attached to an aromatic ring is 1. The van der Waals surface area contributed by atoms with E-state index < -0.39 is 4.92 Å². The van der Waals surface area contributed by atoms with Crippen molar-refractivity contribution in [2.45, 2.75) is 19.8 Å². The molecule has 0 saturated carbocycles. The van der Waals surface area contributed by atoms with Crippen LogP contribution in [-0.4, -0.2) is 9.91 Å². The number of rotatable bonds is 5. The quantitative estimate of drug-likeness (QED) is 0.497. The molecule has 1 aromatic heterocycles. The highest BCUT2D eigenvalue weighted by molar-refractivity contribution is 5.50. The largest absolute Gasteiger partial charge is 0.434 e. The summed E-state index contributed by atoms with van der Waals surface area (Å²) in [5.74, 6) is 6.31. The van der Waals surface area contributed by atoms with Crippen molar-refractivity contribution in [3.8, 4) is 11.6 Å². The van der Waals surface area contributed by atoms with E-state index in [0.29, 0.717) is 11.7 Å². The lowest BCUT2D eigenvalue weighted by Crippen LogP contribution is -2.09. The molecule has 7 nitrogen and oxygen atoms in total. The van der Waals surface area contributed by atoms with E-state index in [4.69, 9.17) is 10.6 Å². The first-order chi connectivity index (χ1) is 10.0. The summed E-state index contributed by atoms with van der Waals surface area (Å²) < 4.78 is 5.50. The molecule has 110 valence electrons. The van der Waals surface area contributed by atoms with Gasteiger partial charge >= 0.3 is 11.6 Å². The fraction of sp³-hybridized carbons (Fsp3) is 0.214. The second-order valence-electron chi connectivity index (χ2n) is 4.75. The van der Waals surface area contributed by atoms with Crippen molar-refractivity contribution in [1.29, 1.82) is 0 Å². The summed E-state index contributed by atoms with van der Waals surface area (Å²) in [5, 5.41) is 11.0. The second kappa shape index (κ2) is 6.19. The fourth-order valence-corrected chi connectivity index (χ4v) is 1.76. The maximum atomic E-state index is 11.0. The van der Waals surface area contributed by atoms with Gasteiger partial charge in [0.25, 0.3) is 0 Å². The number of hydrogen-bond acceptors (Lipinski definition) is 6. The summed E-state index contributed by atoms with van der Waals surface area (Å²) in [4.78, 5) is 14.4. The molecule has 2 rings (SSSR count). The minimum atomic E-state index is -0.550. The summed E-state index contributed by atoms with van der Waals surface area (Å²) >= 11 is 0. The zero-order chi connectivity index (χ0) is 15.4. The molecule has 0 fully saturated rings. The zero-order valence-corrected chi connectivity index (χ0v) is 11.7. The maximum absolute atomic E-state index is 11.0. The minimum Gasteiger partial charge on any atom is -0.434 e. The van der Waals surface area contributed by atoms with Gasteiger partial charge in [-0.25, -0.2) is 5.84 Å². The lowest BCUT2D eigenvalue weighted by Gasteiger charge is -2.09. The fourth-order valence-electron chi connectivity index (χ4n) is 1.76. The molecule has 1 aromatic carbocycles. The van der Waals surface area contributed by atoms with E-state index in [9.17, 15) is 10.1 Å². The number of pyridine rings is 1. The normalized spacial score (nSPS) is 10.5. The number of hydrazine groups is 1. The summed E-state index contributed by atoms with van der Waals surface area (Å²) in [5.41, 5.74) is 3.26. The molecular weight excluding hydrogens is 272 g/mol. The van der Waals surface area contributed by atoms with Crippen molar-refractivity contribution in [2.24, 2.45) is 5.84 Å². The standard InChI is InChI=1S/C14H16N4O3/c1-9(2)10-3-5-11(6-4-10)21-14-12(18(19)20)7-8-13(16-14)17-15/h3-9H,15H2,1-2H3,(H,16,17). The molecule has 0 atom stereocenters. The third-order valence-corrected chi connectivity index (χ3v) is 2.95. The highest BCUT2D eigenvalue weighted by Crippen LogP contribution is 2.31. The minimum absolute atomic E-state index is 0.104. The highest BCUT2D eigenvalue weighted by Gasteiger charge is 2.18. The smallest absolute Gasteiger partial charge is 0.331 e. The zero-order valence-electron chi connectivity index (χ0n) is 11.7. The van der Waals surface area contributed by atoms with Gasteiger partial charge in [0.05, 0.1) is 4.92 Å². The lowest BCUT2D eigenvalue weighted by molar-refractivity contribution is -0.386. The number of nitrogens with one attached hydrogen (secondary N) is 1. The number of nitrogens with two attached hydrogens (primary N) is 1. The topological polar surface area (TPSA) is 103 Å². The number of anilines is 1. The van der Waals surface area contributed by atoms with Crippen LogP contribution >= 0.6 is 0 Å². The molecule has 3 N–H and O–H groups in total. The molecule has 0 saturated heterocycles. The average molecular weight is 288 g/mol. The van der Waals surface area contributed by atoms with Gasteiger partial charge < -0.3 is 10.2 Å². The van der Waals surface area contributed by atoms with Gasteiger partial charge in [-0.3, -0.25) is 10.1 Å². The number of hydrogen-bond donors (Lipinski definition) is 2. The third-order valence-electron chi connectivity index (χ3n) is 2.95. The van der Waals surface area contributed by atoms with Crippen molar-refractivity contribution in [1.82, 2.24) is 4.98 Å². The van der Waals surface area contributed by atoms with Crippen LogP contribution in [0.1, 0.15) is 25.3 Å². The molecule has 7 heteroatoms. The van der Waals surface area contributed by atoms with Gasteiger partial charge in [-0.2, -0.15) is 4.98 Å². The molecule has 0 unspecified atom stereocenters. The molecule has 0 spiro atoms. The van der Waals surface area contributed by atoms with Crippen LogP contribution in [0, 0.1) is 10.1 Å². The van der Waals surface area contributed by atoms with Crippen molar-refractivity contribution in [2.75, 3.05) is 5.43 Å². The van der Waals surface area contributed by atoms with Gasteiger partial charge in [0.2, 0.25) is 0 Å². The van der Waals surface area contributed by atoms with E-state index in [1.165, 1.54) is 12.1 Å². The number of aromatic nitrogens is 1. The van der Waals surface area contributed by atoms with Crippen molar-refractivity contribution >= 4 is 11.5 Å². The summed E-state index contributed by atoms with van der Waals surface area (Å²) in [6.45, 7) is 4.16. The summed E-state index contributed by atoms with van der Waals surface area (Å²) in [7, 11) is 0. The molecule has 2 aromatic rings. The van der Waals surface area contributed by atoms with Crippen LogP contribution in [0.5, 0.6) is 11.6 Å². The molecule has 0 bridgehead atoms. The van der Waals surface area contributed by atoms with E-state index in [0.717, 1.165) is 5.56 Å². The van der Waals surface area contributed by atoms with Crippen LogP contribution in [0.15, 0.2) is 36.4 Å². The Bertz CT molecular complexity index is 641. The van der Waals surface area contributed by atoms with Crippen LogP contribution < -0.4 is 16.0 Å². The first kappa shape index (κ1) is 14.7. The molecule has 1 heterocycles. The van der Waals surface area contributed by atoms with Crippen LogP contribution in [0.4, 0.5) is 11.5 Å². The molecule has 0 amide bonds. The Hall–Kier alpha value is -2.67. The Kier molecular flexibility index (Phi) is 4.34. The molecule has 0 aliphatic rings. The Morgan fingerprint density at radius 2 is 1.90 bits per heavy atom. The van der Waals surface area contributed by atoms with Gasteiger partial charge in [-0.1, -0.05) is 26.0 Å². The predicted molar refractivity (Wildman–Crippen MR) is 79.3 cm³/mol. The van der Waals surface area contributed by atoms with Crippen LogP contribution in [0.25, 0.3) is 0 Å². The molecule has 0 aliphatic carbocycles. The predicted octanol–water partition coefficient (Wildman–Crippen LogP) is 3.19. The number of nitro groups is 1. The Labute approximate surface area is 121 Å². The SMILES string of the molecule is CC(C)c1ccc(Oc2nc(NN)ccc2[N+](=O)[O-])cc1. The summed E-state index contributed by atoms with van der Waals surface area (Å²) in [6, 6.07) is 10.0. The van der Waals surface area contributed by atoms with Gasteiger partial charge in [0.15, 0.2) is 0 Å². The van der Waals surface area contributed by atoms with Crippen LogP contribution in [0.3, 0.4) is 0 Å². The van der Waals surface area contributed by atoms with Crippen molar-refractivity contribution < 1.29 is 9.66 Å². The first-order valence-corrected chi connectivity index (χ1v) is 6.41. The van der Waals surface area contributed by atoms with E-state index in [2.05, 4.69) is 24.3 Å². The second-order valence-corrected chi connectivity index (χ2v) is 4.75. The average Bonchev–Trinajstić information content (AvgIpc) is 2.47. The van der Waals surface area contributed by atoms with Gasteiger partial charge in [0.1, 0.15) is 11.6 Å². The Morgan fingerprint density at radius 3 is 2.43 bits per heavy atom. The summed E-state index contributed by atoms with van der Waals surface area (Å²) in [6.07, 6.45) is 0. The molecule has 0 radical (unpaired) electrons. The third kappa shape index (κ3) is 3.46. The number of benzene rings is 1. The van der Waals surface area contributed by atoms with Crippen LogP contribution in [0.2, 0.25) is 0 Å². The molecule has 21 heavy (non-hydrogen) atoms. The molecule has 0 aliphatic heterocycles. The van der Waals surface area contributed by atoms with Gasteiger partial charge in [-0.15, -0.1) is 0 Å². The van der Waals surface area contributed by atoms with E-state index in [-0.39, 0.29) is 17.4 Å². The van der Waals surface area contributed by atoms with Gasteiger partial charge in [0, 0.05) is 6.07 Å². The number of ether oxygens (including phenoxy) is 1. The van der Waals surface area contributed by atoms with E-state index in [1.807, 2.05) is 12.1 Å². The van der Waals surface area contributed by atoms with E-state index >= 15 is 0 Å². The maximum Gasteiger partial charge on any atom is 0.331 e. The van der Waals surface area contributed by atoms with Gasteiger partial charge in [-0.05, 0) is 29.7 Å². The molecular formula is C14H16N4O3. The lowest BCUT2D eigenvalue weighted by atomic mass is 10.0. The van der Waals surface area contributed by atoms with Crippen molar-refractivity contribution in [3.63, 3.8) is 0 Å². The monoisotopic (exact) mass is 288 g/mol. The van der Waals surface area contributed by atoms with E-state index in [1.54, 1.807) is 12.1 Å². The Morgan fingerprint density at radius 1 is 1.24 bits per heavy atom. The highest BCUT2D eigenvalue weighted by atomic mass is 16.6. The van der Waals surface area contributed by atoms with Crippen molar-refractivity contribution in [3.05, 3.63) is 52.1 Å². The number of nitrogens with zero attached hydrogens (tertiary/aromatic N) is 2. The first-order valence-electron chi connectivity index (χ1n) is 6.41.